The molecule has 0 spiro atoms. The number of fused-ring (bicyclic) bond motifs is 1. The lowest BCUT2D eigenvalue weighted by molar-refractivity contribution is 0.0474. The molecule has 2 aromatic rings. The summed E-state index contributed by atoms with van der Waals surface area (Å²) in [5.41, 5.74) is 3.05. The van der Waals surface area contributed by atoms with E-state index in [-0.39, 0.29) is 0 Å². The van der Waals surface area contributed by atoms with Gasteiger partial charge in [0.2, 0.25) is 0 Å². The summed E-state index contributed by atoms with van der Waals surface area (Å²) in [5.74, 6) is 0. The molecular weight excluding hydrogens is 258 g/mol. The lowest BCUT2D eigenvalue weighted by Crippen LogP contribution is -2.37. The maximum Gasteiger partial charge on any atom is 0.194 e. The van der Waals surface area contributed by atoms with E-state index in [2.05, 4.69) is 33.9 Å². The quantitative estimate of drug-likeness (QED) is 0.903. The average molecular weight is 279 g/mol. The molecule has 0 amide bonds. The smallest absolute Gasteiger partial charge is 0.194 e. The molecule has 2 heterocycles. The van der Waals surface area contributed by atoms with Gasteiger partial charge in [-0.15, -0.1) is 11.3 Å². The molecule has 0 saturated heterocycles. The summed E-state index contributed by atoms with van der Waals surface area (Å²) in [6.07, 6.45) is 4.16. The number of aliphatic hydroxyl groups is 1. The highest BCUT2D eigenvalue weighted by atomic mass is 32.1. The van der Waals surface area contributed by atoms with Crippen LogP contribution in [0.15, 0.2) is 5.38 Å². The van der Waals surface area contributed by atoms with Crippen molar-refractivity contribution in [1.82, 2.24) is 14.7 Å². The zero-order valence-electron chi connectivity index (χ0n) is 11.6. The summed E-state index contributed by atoms with van der Waals surface area (Å²) in [5, 5.41) is 15.9. The second kappa shape index (κ2) is 4.89. The first-order chi connectivity index (χ1) is 9.09. The number of aromatic nitrogens is 2. The third kappa shape index (κ3) is 2.42. The van der Waals surface area contributed by atoms with Crippen molar-refractivity contribution in [3.63, 3.8) is 0 Å². The Morgan fingerprint density at radius 1 is 1.42 bits per heavy atom. The normalized spacial score (nSPS) is 18.5. The average Bonchev–Trinajstić information content (AvgIpc) is 3.01. The molecule has 0 unspecified atom stereocenters. The van der Waals surface area contributed by atoms with Crippen LogP contribution in [0, 0.1) is 13.8 Å². The van der Waals surface area contributed by atoms with Crippen LogP contribution in [0.25, 0.3) is 4.96 Å². The maximum absolute atomic E-state index is 10.3. The van der Waals surface area contributed by atoms with Gasteiger partial charge in [-0.3, -0.25) is 4.40 Å². The van der Waals surface area contributed by atoms with E-state index < -0.39 is 5.60 Å². The SMILES string of the molecule is Cc1nc2scc(C)n2c1CNCC1(O)CCCC1. The molecule has 2 aromatic heterocycles. The summed E-state index contributed by atoms with van der Waals surface area (Å²) in [7, 11) is 0. The number of nitrogens with one attached hydrogen (secondary N) is 1. The molecule has 0 radical (unpaired) electrons. The van der Waals surface area contributed by atoms with Crippen LogP contribution in [-0.4, -0.2) is 26.6 Å². The highest BCUT2D eigenvalue weighted by molar-refractivity contribution is 7.15. The lowest BCUT2D eigenvalue weighted by Gasteiger charge is -2.22. The van der Waals surface area contributed by atoms with E-state index in [9.17, 15) is 5.11 Å². The number of hydrogen-bond donors (Lipinski definition) is 2. The van der Waals surface area contributed by atoms with Crippen LogP contribution in [0.1, 0.15) is 42.8 Å². The largest absolute Gasteiger partial charge is 0.389 e. The van der Waals surface area contributed by atoms with Crippen molar-refractivity contribution < 1.29 is 5.11 Å². The first-order valence-electron chi connectivity index (χ1n) is 6.94. The minimum Gasteiger partial charge on any atom is -0.389 e. The summed E-state index contributed by atoms with van der Waals surface area (Å²) < 4.78 is 2.21. The lowest BCUT2D eigenvalue weighted by atomic mass is 10.0. The van der Waals surface area contributed by atoms with Crippen LogP contribution >= 0.6 is 11.3 Å². The van der Waals surface area contributed by atoms with Gasteiger partial charge >= 0.3 is 0 Å². The highest BCUT2D eigenvalue weighted by Crippen LogP contribution is 2.28. The van der Waals surface area contributed by atoms with Crippen molar-refractivity contribution >= 4 is 16.3 Å². The molecular formula is C14H21N3OS. The van der Waals surface area contributed by atoms with E-state index in [0.717, 1.165) is 42.9 Å². The van der Waals surface area contributed by atoms with Crippen molar-refractivity contribution in [2.75, 3.05) is 6.54 Å². The fourth-order valence-corrected chi connectivity index (χ4v) is 3.93. The van der Waals surface area contributed by atoms with Gasteiger partial charge in [0.25, 0.3) is 0 Å². The molecule has 19 heavy (non-hydrogen) atoms. The van der Waals surface area contributed by atoms with E-state index >= 15 is 0 Å². The van der Waals surface area contributed by atoms with Crippen LogP contribution in [0.3, 0.4) is 0 Å². The van der Waals surface area contributed by atoms with Crippen molar-refractivity contribution in [2.24, 2.45) is 0 Å². The van der Waals surface area contributed by atoms with Crippen molar-refractivity contribution in [1.29, 1.82) is 0 Å². The van der Waals surface area contributed by atoms with Gasteiger partial charge in [0.15, 0.2) is 4.96 Å². The van der Waals surface area contributed by atoms with Crippen LogP contribution in [-0.2, 0) is 6.54 Å². The molecule has 1 aliphatic rings. The molecule has 5 heteroatoms. The minimum atomic E-state index is -0.485. The Morgan fingerprint density at radius 2 is 2.16 bits per heavy atom. The van der Waals surface area contributed by atoms with Gasteiger partial charge in [0.05, 0.1) is 17.0 Å². The monoisotopic (exact) mass is 279 g/mol. The topological polar surface area (TPSA) is 49.6 Å². The third-order valence-electron chi connectivity index (χ3n) is 4.11. The first kappa shape index (κ1) is 13.1. The molecule has 0 bridgehead atoms. The van der Waals surface area contributed by atoms with E-state index in [1.165, 1.54) is 11.4 Å². The number of aryl methyl sites for hydroxylation is 2. The van der Waals surface area contributed by atoms with Gasteiger partial charge in [-0.25, -0.2) is 4.98 Å². The predicted molar refractivity (Wildman–Crippen MR) is 77.7 cm³/mol. The molecule has 4 nitrogen and oxygen atoms in total. The Hall–Kier alpha value is -0.910. The van der Waals surface area contributed by atoms with Gasteiger partial charge < -0.3 is 10.4 Å². The molecule has 0 aliphatic heterocycles. The fraction of sp³-hybridized carbons (Fsp3) is 0.643. The summed E-state index contributed by atoms with van der Waals surface area (Å²) in [4.78, 5) is 5.64. The molecule has 0 atom stereocenters. The standard InChI is InChI=1S/C14H21N3OS/c1-10-8-19-13-16-11(2)12(17(10)13)7-15-9-14(18)5-3-4-6-14/h8,15,18H,3-7,9H2,1-2H3. The zero-order valence-corrected chi connectivity index (χ0v) is 12.4. The van der Waals surface area contributed by atoms with Gasteiger partial charge in [-0.1, -0.05) is 12.8 Å². The molecule has 1 aliphatic carbocycles. The van der Waals surface area contributed by atoms with Gasteiger partial charge in [0, 0.05) is 24.2 Å². The number of thiazole rings is 1. The highest BCUT2D eigenvalue weighted by Gasteiger charge is 2.30. The summed E-state index contributed by atoms with van der Waals surface area (Å²) in [6, 6.07) is 0. The Morgan fingerprint density at radius 3 is 2.89 bits per heavy atom. The molecule has 1 fully saturated rings. The first-order valence-corrected chi connectivity index (χ1v) is 7.82. The Labute approximate surface area is 117 Å². The van der Waals surface area contributed by atoms with Crippen molar-refractivity contribution in [2.45, 2.75) is 51.7 Å². The molecule has 104 valence electrons. The van der Waals surface area contributed by atoms with Crippen LogP contribution in [0.5, 0.6) is 0 Å². The summed E-state index contributed by atoms with van der Waals surface area (Å²) >= 11 is 1.68. The van der Waals surface area contributed by atoms with E-state index in [4.69, 9.17) is 0 Å². The second-order valence-corrected chi connectivity index (χ2v) is 6.51. The van der Waals surface area contributed by atoms with E-state index in [1.54, 1.807) is 11.3 Å². The maximum atomic E-state index is 10.3. The number of rotatable bonds is 4. The molecule has 3 rings (SSSR count). The molecule has 2 N–H and O–H groups in total. The van der Waals surface area contributed by atoms with Gasteiger partial charge in [-0.2, -0.15) is 0 Å². The number of hydrogen-bond acceptors (Lipinski definition) is 4. The van der Waals surface area contributed by atoms with E-state index in [0.29, 0.717) is 6.54 Å². The number of nitrogens with zero attached hydrogens (tertiary/aromatic N) is 2. The molecule has 1 saturated carbocycles. The number of imidazole rings is 1. The summed E-state index contributed by atoms with van der Waals surface area (Å²) in [6.45, 7) is 5.62. The Kier molecular flexibility index (Phi) is 3.37. The van der Waals surface area contributed by atoms with Gasteiger partial charge in [0.1, 0.15) is 0 Å². The predicted octanol–water partition coefficient (Wildman–Crippen LogP) is 2.41. The Balaban J connectivity index is 1.71. The zero-order chi connectivity index (χ0) is 13.5. The van der Waals surface area contributed by atoms with Crippen molar-refractivity contribution in [3.8, 4) is 0 Å². The van der Waals surface area contributed by atoms with Crippen LogP contribution in [0.2, 0.25) is 0 Å². The Bertz CT molecular complexity index is 581. The fourth-order valence-electron chi connectivity index (χ4n) is 3.00. The van der Waals surface area contributed by atoms with Crippen LogP contribution in [0.4, 0.5) is 0 Å². The van der Waals surface area contributed by atoms with E-state index in [1.807, 2.05) is 0 Å². The third-order valence-corrected chi connectivity index (χ3v) is 5.05. The van der Waals surface area contributed by atoms with Crippen LogP contribution < -0.4 is 5.32 Å². The second-order valence-electron chi connectivity index (χ2n) is 5.67. The van der Waals surface area contributed by atoms with Gasteiger partial charge in [-0.05, 0) is 26.7 Å². The van der Waals surface area contributed by atoms with Crippen molar-refractivity contribution in [3.05, 3.63) is 22.5 Å². The molecule has 0 aromatic carbocycles. The minimum absolute atomic E-state index is 0.485.